The van der Waals surface area contributed by atoms with Crippen LogP contribution in [0.15, 0.2) is 47.5 Å². The Hall–Kier alpha value is -3.16. The summed E-state index contributed by atoms with van der Waals surface area (Å²) in [7, 11) is 0. The summed E-state index contributed by atoms with van der Waals surface area (Å²) in [5, 5.41) is 10.7. The van der Waals surface area contributed by atoms with Gasteiger partial charge in [0.05, 0.1) is 5.69 Å². The van der Waals surface area contributed by atoms with E-state index in [0.717, 1.165) is 12.1 Å². The van der Waals surface area contributed by atoms with Crippen LogP contribution in [0.1, 0.15) is 36.5 Å². The zero-order valence-electron chi connectivity index (χ0n) is 14.8. The molecule has 1 atom stereocenters. The van der Waals surface area contributed by atoms with Gasteiger partial charge >= 0.3 is 0 Å². The van der Waals surface area contributed by atoms with Crippen LogP contribution in [-0.4, -0.2) is 32.4 Å². The molecular formula is C18H21N5O3. The van der Waals surface area contributed by atoms with Crippen LogP contribution in [0.3, 0.4) is 0 Å². The average Bonchev–Trinajstić information content (AvgIpc) is 3.36. The fraction of sp³-hybridized carbons (Fsp3) is 0.333. The van der Waals surface area contributed by atoms with Crippen molar-refractivity contribution >= 4 is 5.91 Å². The quantitative estimate of drug-likeness (QED) is 0.667. The lowest BCUT2D eigenvalue weighted by Gasteiger charge is -2.08. The number of hydrogen-bond donors (Lipinski definition) is 1. The molecular weight excluding hydrogens is 334 g/mol. The van der Waals surface area contributed by atoms with E-state index in [0.29, 0.717) is 24.0 Å². The minimum absolute atomic E-state index is 0.189. The number of amides is 1. The topological polar surface area (TPSA) is 95.1 Å². The summed E-state index contributed by atoms with van der Waals surface area (Å²) in [5.41, 5.74) is 1.14. The van der Waals surface area contributed by atoms with Gasteiger partial charge < -0.3 is 14.6 Å². The van der Waals surface area contributed by atoms with Gasteiger partial charge in [0.15, 0.2) is 11.5 Å². The third kappa shape index (κ3) is 4.47. The molecule has 0 spiro atoms. The Kier molecular flexibility index (Phi) is 5.62. The first-order valence-electron chi connectivity index (χ1n) is 8.47. The number of ether oxygens (including phenoxy) is 1. The standard InChI is InChI=1S/C18H21N5O3/c1-3-13(2)9-20-18(24)17-8-16(26-22-17)10-25-15-6-4-14(5-7-15)23-12-19-11-21-23/h4-8,11-13H,3,9-10H2,1-2H3,(H,20,24)/t13-/m0/s1. The van der Waals surface area contributed by atoms with Crippen LogP contribution >= 0.6 is 0 Å². The number of aromatic nitrogens is 4. The van der Waals surface area contributed by atoms with Crippen LogP contribution in [0, 0.1) is 5.92 Å². The normalized spacial score (nSPS) is 11.9. The third-order valence-electron chi connectivity index (χ3n) is 4.00. The molecule has 2 heterocycles. The Morgan fingerprint density at radius 3 is 2.85 bits per heavy atom. The van der Waals surface area contributed by atoms with Crippen molar-refractivity contribution in [1.29, 1.82) is 0 Å². The molecule has 1 amide bonds. The van der Waals surface area contributed by atoms with Crippen molar-refractivity contribution < 1.29 is 14.1 Å². The van der Waals surface area contributed by atoms with Crippen LogP contribution < -0.4 is 10.1 Å². The minimum Gasteiger partial charge on any atom is -0.486 e. The van der Waals surface area contributed by atoms with Crippen molar-refractivity contribution in [3.05, 3.63) is 54.4 Å². The predicted octanol–water partition coefficient (Wildman–Crippen LogP) is 2.61. The van der Waals surface area contributed by atoms with E-state index in [2.05, 4.69) is 34.4 Å². The largest absolute Gasteiger partial charge is 0.486 e. The van der Waals surface area contributed by atoms with E-state index in [9.17, 15) is 4.79 Å². The van der Waals surface area contributed by atoms with Crippen LogP contribution in [0.2, 0.25) is 0 Å². The first-order valence-corrected chi connectivity index (χ1v) is 8.47. The molecule has 8 heteroatoms. The molecule has 3 rings (SSSR count). The molecule has 8 nitrogen and oxygen atoms in total. The molecule has 26 heavy (non-hydrogen) atoms. The lowest BCUT2D eigenvalue weighted by atomic mass is 10.1. The second kappa shape index (κ2) is 8.28. The lowest BCUT2D eigenvalue weighted by Crippen LogP contribution is -2.28. The third-order valence-corrected chi connectivity index (χ3v) is 4.00. The van der Waals surface area contributed by atoms with Gasteiger partial charge in [-0.1, -0.05) is 25.4 Å². The van der Waals surface area contributed by atoms with Gasteiger partial charge in [-0.25, -0.2) is 9.67 Å². The summed E-state index contributed by atoms with van der Waals surface area (Å²) >= 11 is 0. The minimum atomic E-state index is -0.238. The molecule has 1 aromatic carbocycles. The zero-order chi connectivity index (χ0) is 18.4. The zero-order valence-corrected chi connectivity index (χ0v) is 14.8. The smallest absolute Gasteiger partial charge is 0.273 e. The Labute approximate surface area is 151 Å². The summed E-state index contributed by atoms with van der Waals surface area (Å²) in [5.74, 6) is 1.35. The highest BCUT2D eigenvalue weighted by molar-refractivity contribution is 5.92. The van der Waals surface area contributed by atoms with Gasteiger partial charge in [0.2, 0.25) is 0 Å². The van der Waals surface area contributed by atoms with E-state index in [-0.39, 0.29) is 18.2 Å². The molecule has 1 N–H and O–H groups in total. The molecule has 0 aliphatic rings. The number of nitrogens with zero attached hydrogens (tertiary/aromatic N) is 4. The Morgan fingerprint density at radius 1 is 1.35 bits per heavy atom. The highest BCUT2D eigenvalue weighted by Crippen LogP contribution is 2.16. The molecule has 0 aliphatic carbocycles. The molecule has 0 unspecified atom stereocenters. The van der Waals surface area contributed by atoms with Gasteiger partial charge in [0.1, 0.15) is 25.0 Å². The summed E-state index contributed by atoms with van der Waals surface area (Å²) in [6.45, 7) is 4.97. The van der Waals surface area contributed by atoms with Crippen LogP contribution in [0.25, 0.3) is 5.69 Å². The maximum atomic E-state index is 12.0. The molecule has 0 saturated carbocycles. The molecule has 0 aliphatic heterocycles. The van der Waals surface area contributed by atoms with Gasteiger partial charge in [-0.3, -0.25) is 4.79 Å². The maximum Gasteiger partial charge on any atom is 0.273 e. The fourth-order valence-electron chi connectivity index (χ4n) is 2.18. The maximum absolute atomic E-state index is 12.0. The number of carbonyl (C=O) groups excluding carboxylic acids is 1. The average molecular weight is 355 g/mol. The van der Waals surface area contributed by atoms with Gasteiger partial charge in [-0.05, 0) is 30.2 Å². The highest BCUT2D eigenvalue weighted by Gasteiger charge is 2.13. The van der Waals surface area contributed by atoms with Crippen molar-refractivity contribution in [2.24, 2.45) is 5.92 Å². The van der Waals surface area contributed by atoms with Gasteiger partial charge in [-0.2, -0.15) is 5.10 Å². The number of nitrogens with one attached hydrogen (secondary N) is 1. The molecule has 0 radical (unpaired) electrons. The number of carbonyl (C=O) groups is 1. The number of hydrogen-bond acceptors (Lipinski definition) is 6. The summed E-state index contributed by atoms with van der Waals surface area (Å²) in [4.78, 5) is 15.9. The fourth-order valence-corrected chi connectivity index (χ4v) is 2.18. The molecule has 3 aromatic rings. The Balaban J connectivity index is 1.52. The first-order chi connectivity index (χ1) is 12.7. The number of rotatable bonds is 8. The van der Waals surface area contributed by atoms with E-state index < -0.39 is 0 Å². The van der Waals surface area contributed by atoms with Crippen molar-refractivity contribution in [1.82, 2.24) is 25.2 Å². The summed E-state index contributed by atoms with van der Waals surface area (Å²) < 4.78 is 12.5. The van der Waals surface area contributed by atoms with Crippen molar-refractivity contribution in [3.8, 4) is 11.4 Å². The van der Waals surface area contributed by atoms with Gasteiger partial charge in [-0.15, -0.1) is 0 Å². The first kappa shape index (κ1) is 17.7. The molecule has 2 aromatic heterocycles. The van der Waals surface area contributed by atoms with E-state index in [1.54, 1.807) is 17.1 Å². The van der Waals surface area contributed by atoms with Gasteiger partial charge in [0.25, 0.3) is 5.91 Å². The lowest BCUT2D eigenvalue weighted by molar-refractivity contribution is 0.0938. The second-order valence-electron chi connectivity index (χ2n) is 6.02. The molecule has 0 fully saturated rings. The number of benzene rings is 1. The van der Waals surface area contributed by atoms with E-state index in [1.165, 1.54) is 6.33 Å². The predicted molar refractivity (Wildman–Crippen MR) is 94.0 cm³/mol. The van der Waals surface area contributed by atoms with E-state index >= 15 is 0 Å². The Bertz CT molecular complexity index is 827. The molecule has 136 valence electrons. The Morgan fingerprint density at radius 2 is 2.15 bits per heavy atom. The van der Waals surface area contributed by atoms with Crippen molar-refractivity contribution in [2.45, 2.75) is 26.9 Å². The molecule has 0 bridgehead atoms. The van der Waals surface area contributed by atoms with Crippen LogP contribution in [0.4, 0.5) is 0 Å². The van der Waals surface area contributed by atoms with Crippen LogP contribution in [0.5, 0.6) is 5.75 Å². The van der Waals surface area contributed by atoms with E-state index in [4.69, 9.17) is 9.26 Å². The summed E-state index contributed by atoms with van der Waals surface area (Å²) in [6.07, 6.45) is 4.11. The molecule has 0 saturated heterocycles. The summed E-state index contributed by atoms with van der Waals surface area (Å²) in [6, 6.07) is 8.99. The van der Waals surface area contributed by atoms with Crippen LogP contribution in [-0.2, 0) is 6.61 Å². The highest BCUT2D eigenvalue weighted by atomic mass is 16.5. The monoisotopic (exact) mass is 355 g/mol. The van der Waals surface area contributed by atoms with E-state index in [1.807, 2.05) is 24.3 Å². The second-order valence-corrected chi connectivity index (χ2v) is 6.02. The SMILES string of the molecule is CC[C@H](C)CNC(=O)c1cc(COc2ccc(-n3cncn3)cc2)on1. The van der Waals surface area contributed by atoms with Gasteiger partial charge in [0, 0.05) is 12.6 Å². The van der Waals surface area contributed by atoms with Crippen molar-refractivity contribution in [3.63, 3.8) is 0 Å². The van der Waals surface area contributed by atoms with Crippen molar-refractivity contribution in [2.75, 3.05) is 6.54 Å².